The molecule has 6 heteroatoms. The van der Waals surface area contributed by atoms with Crippen molar-refractivity contribution in [1.82, 2.24) is 15.2 Å². The Labute approximate surface area is 145 Å². The van der Waals surface area contributed by atoms with E-state index in [1.165, 1.54) is 0 Å². The highest BCUT2D eigenvalue weighted by Crippen LogP contribution is 2.14. The number of benzene rings is 2. The smallest absolute Gasteiger partial charge is 0.271 e. The summed E-state index contributed by atoms with van der Waals surface area (Å²) in [5.41, 5.74) is 4.86. The minimum Gasteiger partial charge on any atom is -0.496 e. The molecule has 1 N–H and O–H groups in total. The predicted molar refractivity (Wildman–Crippen MR) is 95.8 cm³/mol. The summed E-state index contributed by atoms with van der Waals surface area (Å²) < 4.78 is 7.04. The molecule has 0 spiro atoms. The molecule has 0 unspecified atom stereocenters. The molecule has 0 aliphatic heterocycles. The molecule has 0 saturated carbocycles. The third kappa shape index (κ3) is 4.32. The number of nitrogens with one attached hydrogen (secondary N) is 1. The molecule has 0 aliphatic rings. The van der Waals surface area contributed by atoms with E-state index in [9.17, 15) is 4.79 Å². The Kier molecular flexibility index (Phi) is 5.21. The molecule has 0 bridgehead atoms. The Morgan fingerprint density at radius 2 is 2.12 bits per heavy atom. The first kappa shape index (κ1) is 16.4. The third-order valence-electron chi connectivity index (χ3n) is 3.60. The zero-order valence-corrected chi connectivity index (χ0v) is 13.8. The van der Waals surface area contributed by atoms with Crippen LogP contribution in [0, 0.1) is 0 Å². The van der Waals surface area contributed by atoms with Crippen LogP contribution in [0.5, 0.6) is 5.75 Å². The summed E-state index contributed by atoms with van der Waals surface area (Å²) in [5.74, 6) is 0.426. The Morgan fingerprint density at radius 1 is 1.24 bits per heavy atom. The van der Waals surface area contributed by atoms with Crippen molar-refractivity contribution in [2.45, 2.75) is 6.54 Å². The van der Waals surface area contributed by atoms with Crippen molar-refractivity contribution >= 4 is 12.1 Å². The van der Waals surface area contributed by atoms with Gasteiger partial charge in [-0.15, -0.1) is 0 Å². The number of hydrogen-bond donors (Lipinski definition) is 1. The lowest BCUT2D eigenvalue weighted by Gasteiger charge is -2.05. The van der Waals surface area contributed by atoms with Crippen LogP contribution in [0.15, 0.2) is 72.1 Å². The Morgan fingerprint density at radius 3 is 2.92 bits per heavy atom. The molecule has 0 fully saturated rings. The molecular weight excluding hydrogens is 316 g/mol. The number of rotatable bonds is 6. The van der Waals surface area contributed by atoms with Gasteiger partial charge in [-0.25, -0.2) is 5.43 Å². The summed E-state index contributed by atoms with van der Waals surface area (Å²) in [4.78, 5) is 12.3. The minimum atomic E-state index is -0.270. The molecule has 25 heavy (non-hydrogen) atoms. The van der Waals surface area contributed by atoms with Crippen LogP contribution in [0.4, 0.5) is 0 Å². The third-order valence-corrected chi connectivity index (χ3v) is 3.60. The number of ether oxygens (including phenoxy) is 1. The number of carbonyl (C=O) groups excluding carboxylic acids is 1. The lowest BCUT2D eigenvalue weighted by Crippen LogP contribution is -2.18. The first-order chi connectivity index (χ1) is 12.3. The zero-order chi connectivity index (χ0) is 17.5. The summed E-state index contributed by atoms with van der Waals surface area (Å²) >= 11 is 0. The molecule has 0 aliphatic carbocycles. The molecule has 1 amide bonds. The van der Waals surface area contributed by atoms with E-state index in [-0.39, 0.29) is 5.91 Å². The second kappa shape index (κ2) is 7.92. The maximum Gasteiger partial charge on any atom is 0.271 e. The number of hydrazone groups is 1. The SMILES string of the molecule is COc1ccccc1/C=N\NC(=O)c1cccc(Cn2cccn2)c1. The van der Waals surface area contributed by atoms with Gasteiger partial charge in [0.1, 0.15) is 5.75 Å². The van der Waals surface area contributed by atoms with Gasteiger partial charge in [0.2, 0.25) is 0 Å². The second-order valence-corrected chi connectivity index (χ2v) is 5.35. The van der Waals surface area contributed by atoms with Crippen molar-refractivity contribution in [2.24, 2.45) is 5.10 Å². The van der Waals surface area contributed by atoms with E-state index in [1.807, 2.05) is 54.7 Å². The van der Waals surface area contributed by atoms with E-state index in [0.29, 0.717) is 17.9 Å². The topological polar surface area (TPSA) is 68.5 Å². The van der Waals surface area contributed by atoms with Crippen molar-refractivity contribution in [2.75, 3.05) is 7.11 Å². The molecule has 2 aromatic carbocycles. The molecule has 0 radical (unpaired) electrons. The highest BCUT2D eigenvalue weighted by molar-refractivity contribution is 5.95. The molecule has 6 nitrogen and oxygen atoms in total. The van der Waals surface area contributed by atoms with Crippen LogP contribution < -0.4 is 10.2 Å². The molecular formula is C19H18N4O2. The first-order valence-electron chi connectivity index (χ1n) is 7.79. The van der Waals surface area contributed by atoms with E-state index >= 15 is 0 Å². The molecule has 0 saturated heterocycles. The summed E-state index contributed by atoms with van der Waals surface area (Å²) in [6.07, 6.45) is 5.16. The van der Waals surface area contributed by atoms with Crippen LogP contribution in [0.25, 0.3) is 0 Å². The van der Waals surface area contributed by atoms with Crippen LogP contribution in [-0.4, -0.2) is 29.0 Å². The zero-order valence-electron chi connectivity index (χ0n) is 13.8. The number of aromatic nitrogens is 2. The van der Waals surface area contributed by atoms with Crippen LogP contribution >= 0.6 is 0 Å². The fourth-order valence-electron chi connectivity index (χ4n) is 2.39. The number of amides is 1. The number of hydrogen-bond acceptors (Lipinski definition) is 4. The highest BCUT2D eigenvalue weighted by atomic mass is 16.5. The predicted octanol–water partition coefficient (Wildman–Crippen LogP) is 2.70. The first-order valence-corrected chi connectivity index (χ1v) is 7.79. The minimum absolute atomic E-state index is 0.270. The summed E-state index contributed by atoms with van der Waals surface area (Å²) in [7, 11) is 1.59. The van der Waals surface area contributed by atoms with E-state index in [0.717, 1.165) is 11.1 Å². The van der Waals surface area contributed by atoms with E-state index in [4.69, 9.17) is 4.74 Å². The lowest BCUT2D eigenvalue weighted by molar-refractivity contribution is 0.0955. The van der Waals surface area contributed by atoms with Crippen molar-refractivity contribution in [1.29, 1.82) is 0 Å². The van der Waals surface area contributed by atoms with Crippen LogP contribution in [0.1, 0.15) is 21.5 Å². The summed E-state index contributed by atoms with van der Waals surface area (Å²) in [5, 5.41) is 8.18. The lowest BCUT2D eigenvalue weighted by atomic mass is 10.1. The van der Waals surface area contributed by atoms with Gasteiger partial charge >= 0.3 is 0 Å². The van der Waals surface area contributed by atoms with E-state index < -0.39 is 0 Å². The Bertz CT molecular complexity index is 873. The quantitative estimate of drug-likeness (QED) is 0.557. The number of carbonyl (C=O) groups is 1. The Balaban J connectivity index is 1.66. The van der Waals surface area contributed by atoms with Gasteiger partial charge in [0, 0.05) is 23.5 Å². The van der Waals surface area contributed by atoms with Crippen molar-refractivity contribution in [3.8, 4) is 5.75 Å². The van der Waals surface area contributed by atoms with Crippen molar-refractivity contribution < 1.29 is 9.53 Å². The van der Waals surface area contributed by atoms with Crippen LogP contribution in [-0.2, 0) is 6.54 Å². The molecule has 3 rings (SSSR count). The van der Waals surface area contributed by atoms with Gasteiger partial charge < -0.3 is 4.74 Å². The molecule has 126 valence electrons. The van der Waals surface area contributed by atoms with Crippen LogP contribution in [0.3, 0.4) is 0 Å². The number of nitrogens with zero attached hydrogens (tertiary/aromatic N) is 3. The van der Waals surface area contributed by atoms with Gasteiger partial charge in [-0.05, 0) is 35.9 Å². The van der Waals surface area contributed by atoms with E-state index in [1.54, 1.807) is 30.3 Å². The molecule has 0 atom stereocenters. The van der Waals surface area contributed by atoms with Gasteiger partial charge in [0.05, 0.1) is 19.9 Å². The molecule has 1 heterocycles. The van der Waals surface area contributed by atoms with Gasteiger partial charge in [0.15, 0.2) is 0 Å². The summed E-state index contributed by atoms with van der Waals surface area (Å²) in [6.45, 7) is 0.610. The largest absolute Gasteiger partial charge is 0.496 e. The van der Waals surface area contributed by atoms with Gasteiger partial charge in [-0.2, -0.15) is 10.2 Å². The molecule has 3 aromatic rings. The Hall–Kier alpha value is -3.41. The van der Waals surface area contributed by atoms with E-state index in [2.05, 4.69) is 15.6 Å². The number of methoxy groups -OCH3 is 1. The normalized spacial score (nSPS) is 10.8. The average molecular weight is 334 g/mol. The van der Waals surface area contributed by atoms with Crippen molar-refractivity contribution in [3.05, 3.63) is 83.7 Å². The fraction of sp³-hybridized carbons (Fsp3) is 0.105. The van der Waals surface area contributed by atoms with Crippen molar-refractivity contribution in [3.63, 3.8) is 0 Å². The molecule has 1 aromatic heterocycles. The van der Waals surface area contributed by atoms with Crippen LogP contribution in [0.2, 0.25) is 0 Å². The summed E-state index contributed by atoms with van der Waals surface area (Å²) in [6, 6.07) is 16.7. The van der Waals surface area contributed by atoms with Gasteiger partial charge in [-0.1, -0.05) is 24.3 Å². The second-order valence-electron chi connectivity index (χ2n) is 5.35. The monoisotopic (exact) mass is 334 g/mol. The highest BCUT2D eigenvalue weighted by Gasteiger charge is 2.06. The maximum absolute atomic E-state index is 12.3. The maximum atomic E-state index is 12.3. The fourth-order valence-corrected chi connectivity index (χ4v) is 2.39. The average Bonchev–Trinajstić information content (AvgIpc) is 3.15. The number of para-hydroxylation sites is 1. The van der Waals surface area contributed by atoms with Gasteiger partial charge in [-0.3, -0.25) is 9.48 Å². The van der Waals surface area contributed by atoms with Gasteiger partial charge in [0.25, 0.3) is 5.91 Å². The standard InChI is InChI=1S/C19H18N4O2/c1-25-18-9-3-2-7-17(18)13-20-22-19(24)16-8-4-6-15(12-16)14-23-11-5-10-21-23/h2-13H,14H2,1H3,(H,22,24)/b20-13-.